The number of carbonyl (C=O) groups is 1. The van der Waals surface area contributed by atoms with Gasteiger partial charge in [0, 0.05) is 17.9 Å². The molecular formula is C22H22N2O2. The van der Waals surface area contributed by atoms with E-state index >= 15 is 0 Å². The third-order valence-electron chi connectivity index (χ3n) is 3.90. The third kappa shape index (κ3) is 5.38. The molecule has 1 amide bonds. The molecule has 0 aliphatic rings. The molecule has 4 nitrogen and oxygen atoms in total. The smallest absolute Gasteiger partial charge is 0.258 e. The number of hydrogen-bond acceptors (Lipinski definition) is 3. The van der Waals surface area contributed by atoms with Crippen LogP contribution >= 0.6 is 0 Å². The summed E-state index contributed by atoms with van der Waals surface area (Å²) >= 11 is 0. The molecule has 0 saturated carbocycles. The highest BCUT2D eigenvalue weighted by atomic mass is 16.5. The van der Waals surface area contributed by atoms with Crippen LogP contribution in [-0.2, 0) is 11.3 Å². The van der Waals surface area contributed by atoms with Gasteiger partial charge < -0.3 is 15.4 Å². The second kappa shape index (κ2) is 8.72. The lowest BCUT2D eigenvalue weighted by Crippen LogP contribution is -2.28. The largest absolute Gasteiger partial charge is 0.484 e. The Morgan fingerprint density at radius 2 is 1.50 bits per heavy atom. The van der Waals surface area contributed by atoms with Crippen molar-refractivity contribution in [1.82, 2.24) is 5.32 Å². The van der Waals surface area contributed by atoms with Gasteiger partial charge in [-0.1, -0.05) is 48.0 Å². The number of rotatable bonds is 7. The summed E-state index contributed by atoms with van der Waals surface area (Å²) in [5, 5.41) is 6.16. The molecule has 2 N–H and O–H groups in total. The first-order valence-corrected chi connectivity index (χ1v) is 8.56. The summed E-state index contributed by atoms with van der Waals surface area (Å²) in [6, 6.07) is 25.6. The fraction of sp³-hybridized carbons (Fsp3) is 0.136. The van der Waals surface area contributed by atoms with Crippen molar-refractivity contribution in [2.75, 3.05) is 11.9 Å². The van der Waals surface area contributed by atoms with Gasteiger partial charge >= 0.3 is 0 Å². The Bertz CT molecular complexity index is 828. The molecule has 4 heteroatoms. The first kappa shape index (κ1) is 17.5. The minimum Gasteiger partial charge on any atom is -0.484 e. The van der Waals surface area contributed by atoms with Crippen molar-refractivity contribution in [1.29, 1.82) is 0 Å². The molecule has 3 rings (SSSR count). The molecule has 0 spiro atoms. The molecule has 26 heavy (non-hydrogen) atoms. The quantitative estimate of drug-likeness (QED) is 0.665. The van der Waals surface area contributed by atoms with Crippen molar-refractivity contribution in [3.63, 3.8) is 0 Å². The third-order valence-corrected chi connectivity index (χ3v) is 3.90. The first-order valence-electron chi connectivity index (χ1n) is 8.56. The van der Waals surface area contributed by atoms with Gasteiger partial charge in [-0.25, -0.2) is 0 Å². The van der Waals surface area contributed by atoms with Gasteiger partial charge in [0.05, 0.1) is 0 Å². The monoisotopic (exact) mass is 346 g/mol. The Labute approximate surface area is 153 Å². The highest BCUT2D eigenvalue weighted by Crippen LogP contribution is 2.19. The van der Waals surface area contributed by atoms with Crippen LogP contribution in [0.3, 0.4) is 0 Å². The summed E-state index contributed by atoms with van der Waals surface area (Å²) in [5.74, 6) is 0.520. The highest BCUT2D eigenvalue weighted by molar-refractivity contribution is 5.77. The summed E-state index contributed by atoms with van der Waals surface area (Å²) in [4.78, 5) is 11.9. The molecule has 0 aliphatic heterocycles. The predicted molar refractivity (Wildman–Crippen MR) is 105 cm³/mol. The molecule has 0 atom stereocenters. The van der Waals surface area contributed by atoms with Crippen molar-refractivity contribution in [2.24, 2.45) is 0 Å². The average molecular weight is 346 g/mol. The van der Waals surface area contributed by atoms with E-state index in [1.807, 2.05) is 85.8 Å². The van der Waals surface area contributed by atoms with Gasteiger partial charge in [0.25, 0.3) is 5.91 Å². The van der Waals surface area contributed by atoms with Crippen LogP contribution in [-0.4, -0.2) is 12.5 Å². The van der Waals surface area contributed by atoms with E-state index < -0.39 is 0 Å². The number of ether oxygens (including phenoxy) is 1. The number of para-hydroxylation sites is 1. The Hall–Kier alpha value is -3.27. The molecule has 0 bridgehead atoms. The lowest BCUT2D eigenvalue weighted by molar-refractivity contribution is -0.123. The number of aryl methyl sites for hydroxylation is 1. The first-order chi connectivity index (χ1) is 12.7. The maximum absolute atomic E-state index is 11.9. The van der Waals surface area contributed by atoms with E-state index in [0.29, 0.717) is 12.3 Å². The molecule has 3 aromatic rings. The van der Waals surface area contributed by atoms with Gasteiger partial charge in [-0.15, -0.1) is 0 Å². The van der Waals surface area contributed by atoms with E-state index in [9.17, 15) is 4.79 Å². The molecule has 0 heterocycles. The average Bonchev–Trinajstić information content (AvgIpc) is 2.68. The van der Waals surface area contributed by atoms with Crippen molar-refractivity contribution >= 4 is 17.3 Å². The van der Waals surface area contributed by atoms with E-state index in [2.05, 4.69) is 10.6 Å². The summed E-state index contributed by atoms with van der Waals surface area (Å²) in [7, 11) is 0. The van der Waals surface area contributed by atoms with Crippen LogP contribution in [0.5, 0.6) is 5.75 Å². The van der Waals surface area contributed by atoms with Crippen molar-refractivity contribution in [2.45, 2.75) is 13.5 Å². The second-order valence-electron chi connectivity index (χ2n) is 6.07. The van der Waals surface area contributed by atoms with Gasteiger partial charge in [-0.2, -0.15) is 0 Å². The zero-order chi connectivity index (χ0) is 18.2. The Kier molecular flexibility index (Phi) is 5.88. The molecule has 0 fully saturated rings. The molecule has 0 radical (unpaired) electrons. The summed E-state index contributed by atoms with van der Waals surface area (Å²) in [5.41, 5.74) is 4.26. The number of carbonyl (C=O) groups excluding carboxylic acids is 1. The van der Waals surface area contributed by atoms with Crippen molar-refractivity contribution in [3.05, 3.63) is 90.0 Å². The number of anilines is 2. The van der Waals surface area contributed by atoms with E-state index in [1.54, 1.807) is 0 Å². The van der Waals surface area contributed by atoms with Crippen molar-refractivity contribution in [3.8, 4) is 5.75 Å². The minimum absolute atomic E-state index is 0.00266. The normalized spacial score (nSPS) is 10.2. The maximum Gasteiger partial charge on any atom is 0.258 e. The molecule has 0 aromatic heterocycles. The molecule has 0 saturated heterocycles. The molecule has 0 unspecified atom stereocenters. The summed E-state index contributed by atoms with van der Waals surface area (Å²) in [6.45, 7) is 2.54. The van der Waals surface area contributed by atoms with E-state index in [0.717, 1.165) is 16.9 Å². The van der Waals surface area contributed by atoms with Gasteiger partial charge in [-0.05, 0) is 48.9 Å². The van der Waals surface area contributed by atoms with E-state index in [4.69, 9.17) is 4.74 Å². The molecule has 0 aliphatic carbocycles. The molecular weight excluding hydrogens is 324 g/mol. The standard InChI is InChI=1S/C22H22N2O2/c1-17-7-9-18(10-8-17)15-23-22(25)16-26-21-13-11-20(12-14-21)24-19-5-3-2-4-6-19/h2-14,24H,15-16H2,1H3,(H,23,25). The van der Waals surface area contributed by atoms with Gasteiger partial charge in [0.15, 0.2) is 6.61 Å². The zero-order valence-electron chi connectivity index (χ0n) is 14.7. The molecule has 3 aromatic carbocycles. The lowest BCUT2D eigenvalue weighted by Gasteiger charge is -2.09. The highest BCUT2D eigenvalue weighted by Gasteiger charge is 2.03. The fourth-order valence-corrected chi connectivity index (χ4v) is 2.43. The van der Waals surface area contributed by atoms with Crippen LogP contribution < -0.4 is 15.4 Å². The maximum atomic E-state index is 11.9. The van der Waals surface area contributed by atoms with Crippen LogP contribution in [0.2, 0.25) is 0 Å². The van der Waals surface area contributed by atoms with Crippen LogP contribution in [0, 0.1) is 6.92 Å². The molecule has 132 valence electrons. The number of amides is 1. The van der Waals surface area contributed by atoms with Crippen LogP contribution in [0.15, 0.2) is 78.9 Å². The fourth-order valence-electron chi connectivity index (χ4n) is 2.43. The van der Waals surface area contributed by atoms with Crippen molar-refractivity contribution < 1.29 is 9.53 Å². The van der Waals surface area contributed by atoms with Crippen LogP contribution in [0.1, 0.15) is 11.1 Å². The topological polar surface area (TPSA) is 50.4 Å². The lowest BCUT2D eigenvalue weighted by atomic mass is 10.1. The summed E-state index contributed by atoms with van der Waals surface area (Å²) in [6.07, 6.45) is 0. The number of nitrogens with one attached hydrogen (secondary N) is 2. The van der Waals surface area contributed by atoms with Gasteiger partial charge in [0.2, 0.25) is 0 Å². The SMILES string of the molecule is Cc1ccc(CNC(=O)COc2ccc(Nc3ccccc3)cc2)cc1. The van der Waals surface area contributed by atoms with Gasteiger partial charge in [0.1, 0.15) is 5.75 Å². The Balaban J connectivity index is 1.44. The predicted octanol–water partition coefficient (Wildman–Crippen LogP) is 4.43. The number of benzene rings is 3. The second-order valence-corrected chi connectivity index (χ2v) is 6.07. The summed E-state index contributed by atoms with van der Waals surface area (Å²) < 4.78 is 5.54. The Morgan fingerprint density at radius 1 is 0.846 bits per heavy atom. The zero-order valence-corrected chi connectivity index (χ0v) is 14.7. The van der Waals surface area contributed by atoms with Crippen LogP contribution in [0.25, 0.3) is 0 Å². The Morgan fingerprint density at radius 3 is 2.19 bits per heavy atom. The van der Waals surface area contributed by atoms with E-state index in [1.165, 1.54) is 5.56 Å². The minimum atomic E-state index is -0.142. The van der Waals surface area contributed by atoms with Gasteiger partial charge in [-0.3, -0.25) is 4.79 Å². The van der Waals surface area contributed by atoms with E-state index in [-0.39, 0.29) is 12.5 Å². The van der Waals surface area contributed by atoms with Crippen LogP contribution in [0.4, 0.5) is 11.4 Å². The number of hydrogen-bond donors (Lipinski definition) is 2.